The summed E-state index contributed by atoms with van der Waals surface area (Å²) in [4.78, 5) is 15.0. The minimum absolute atomic E-state index is 0.170. The van der Waals surface area contributed by atoms with E-state index < -0.39 is 0 Å². The van der Waals surface area contributed by atoms with Gasteiger partial charge in [0.15, 0.2) is 0 Å². The summed E-state index contributed by atoms with van der Waals surface area (Å²) in [6.45, 7) is 7.19. The number of anilines is 1. The Balaban J connectivity index is 2.13. The average Bonchev–Trinajstić information content (AvgIpc) is 2.59. The zero-order valence-corrected chi connectivity index (χ0v) is 16.4. The third-order valence-electron chi connectivity index (χ3n) is 5.30. The van der Waals surface area contributed by atoms with E-state index in [9.17, 15) is 4.79 Å². The first-order chi connectivity index (χ1) is 12.0. The molecule has 0 aromatic heterocycles. The highest BCUT2D eigenvalue weighted by Crippen LogP contribution is 2.40. The SMILES string of the molecule is CCCCCN1CCC(C(C(C)=O)c2cc(Cl)c(N)cc2OC)CC1. The van der Waals surface area contributed by atoms with Gasteiger partial charge in [-0.2, -0.15) is 0 Å². The van der Waals surface area contributed by atoms with Crippen molar-refractivity contribution in [3.8, 4) is 5.75 Å². The molecule has 4 nitrogen and oxygen atoms in total. The average molecular weight is 367 g/mol. The molecule has 1 atom stereocenters. The van der Waals surface area contributed by atoms with E-state index in [0.717, 1.165) is 31.5 Å². The number of nitrogens with zero attached hydrogens (tertiary/aromatic N) is 1. The summed E-state index contributed by atoms with van der Waals surface area (Å²) in [6, 6.07) is 3.54. The van der Waals surface area contributed by atoms with Crippen molar-refractivity contribution in [1.29, 1.82) is 0 Å². The number of ketones is 1. The van der Waals surface area contributed by atoms with Crippen LogP contribution in [0.25, 0.3) is 0 Å². The van der Waals surface area contributed by atoms with Crippen molar-refractivity contribution in [2.45, 2.75) is 51.9 Å². The number of rotatable bonds is 8. The van der Waals surface area contributed by atoms with Crippen LogP contribution in [0.5, 0.6) is 5.75 Å². The largest absolute Gasteiger partial charge is 0.496 e. The molecule has 0 bridgehead atoms. The van der Waals surface area contributed by atoms with Gasteiger partial charge in [-0.1, -0.05) is 31.4 Å². The molecule has 0 aliphatic carbocycles. The van der Waals surface area contributed by atoms with Crippen LogP contribution in [0.15, 0.2) is 12.1 Å². The van der Waals surface area contributed by atoms with Crippen LogP contribution in [0.2, 0.25) is 5.02 Å². The molecule has 5 heteroatoms. The second-order valence-electron chi connectivity index (χ2n) is 7.09. The lowest BCUT2D eigenvalue weighted by molar-refractivity contribution is -0.120. The number of hydrogen-bond donors (Lipinski definition) is 1. The first kappa shape index (κ1) is 20.1. The lowest BCUT2D eigenvalue weighted by atomic mass is 9.77. The maximum absolute atomic E-state index is 12.5. The Bertz CT molecular complexity index is 583. The molecule has 1 aliphatic heterocycles. The lowest BCUT2D eigenvalue weighted by Gasteiger charge is -2.36. The second kappa shape index (κ2) is 9.44. The summed E-state index contributed by atoms with van der Waals surface area (Å²) in [5, 5.41) is 0.485. The van der Waals surface area contributed by atoms with E-state index >= 15 is 0 Å². The van der Waals surface area contributed by atoms with Crippen LogP contribution in [0.3, 0.4) is 0 Å². The number of Topliss-reactive ketones (excluding diaryl/α,β-unsaturated/α-hetero) is 1. The molecule has 1 unspecified atom stereocenters. The molecule has 0 amide bonds. The minimum atomic E-state index is -0.175. The smallest absolute Gasteiger partial charge is 0.137 e. The van der Waals surface area contributed by atoms with E-state index in [2.05, 4.69) is 11.8 Å². The summed E-state index contributed by atoms with van der Waals surface area (Å²) < 4.78 is 5.49. The van der Waals surface area contributed by atoms with Crippen molar-refractivity contribution >= 4 is 23.1 Å². The molecule has 0 saturated carbocycles. The number of piperidine rings is 1. The van der Waals surface area contributed by atoms with Gasteiger partial charge >= 0.3 is 0 Å². The van der Waals surface area contributed by atoms with Crippen LogP contribution in [-0.4, -0.2) is 37.4 Å². The number of ether oxygens (including phenoxy) is 1. The number of carbonyl (C=O) groups is 1. The van der Waals surface area contributed by atoms with Crippen molar-refractivity contribution in [2.24, 2.45) is 5.92 Å². The Morgan fingerprint density at radius 3 is 2.60 bits per heavy atom. The fourth-order valence-electron chi connectivity index (χ4n) is 3.90. The predicted octanol–water partition coefficient (Wildman–Crippen LogP) is 4.51. The summed E-state index contributed by atoms with van der Waals surface area (Å²) in [7, 11) is 1.61. The Labute approximate surface area is 156 Å². The fourth-order valence-corrected chi connectivity index (χ4v) is 4.08. The van der Waals surface area contributed by atoms with E-state index in [-0.39, 0.29) is 11.7 Å². The van der Waals surface area contributed by atoms with E-state index in [0.29, 0.717) is 22.4 Å². The van der Waals surface area contributed by atoms with Gasteiger partial charge in [-0.05, 0) is 57.8 Å². The van der Waals surface area contributed by atoms with Gasteiger partial charge in [0.05, 0.1) is 17.8 Å². The number of unbranched alkanes of at least 4 members (excludes halogenated alkanes) is 2. The summed E-state index contributed by atoms with van der Waals surface area (Å²) >= 11 is 6.22. The number of carbonyl (C=O) groups excluding carboxylic acids is 1. The summed E-state index contributed by atoms with van der Waals surface area (Å²) in [6.07, 6.45) is 5.86. The van der Waals surface area contributed by atoms with Crippen LogP contribution in [0.4, 0.5) is 5.69 Å². The number of methoxy groups -OCH3 is 1. The van der Waals surface area contributed by atoms with Crippen molar-refractivity contribution in [2.75, 3.05) is 32.5 Å². The molecule has 0 spiro atoms. The van der Waals surface area contributed by atoms with Gasteiger partial charge in [0, 0.05) is 17.5 Å². The highest BCUT2D eigenvalue weighted by molar-refractivity contribution is 6.33. The molecule has 1 heterocycles. The number of hydrogen-bond acceptors (Lipinski definition) is 4. The third kappa shape index (κ3) is 5.11. The molecule has 1 aromatic rings. The zero-order chi connectivity index (χ0) is 18.4. The van der Waals surface area contributed by atoms with E-state index in [1.165, 1.54) is 25.8 Å². The van der Waals surface area contributed by atoms with Crippen LogP contribution in [-0.2, 0) is 4.79 Å². The first-order valence-electron chi connectivity index (χ1n) is 9.33. The van der Waals surface area contributed by atoms with Gasteiger partial charge in [-0.15, -0.1) is 0 Å². The molecule has 2 N–H and O–H groups in total. The molecular weight excluding hydrogens is 336 g/mol. The summed E-state index contributed by atoms with van der Waals surface area (Å²) in [5.41, 5.74) is 7.25. The monoisotopic (exact) mass is 366 g/mol. The van der Waals surface area contributed by atoms with Crippen molar-refractivity contribution in [3.05, 3.63) is 22.7 Å². The number of halogens is 1. The van der Waals surface area contributed by atoms with Gasteiger partial charge in [-0.25, -0.2) is 0 Å². The maximum Gasteiger partial charge on any atom is 0.137 e. The molecule has 1 aliphatic rings. The number of nitrogen functional groups attached to an aromatic ring is 1. The summed E-state index contributed by atoms with van der Waals surface area (Å²) in [5.74, 6) is 0.982. The Morgan fingerprint density at radius 1 is 1.36 bits per heavy atom. The standard InChI is InChI=1S/C20H31ClN2O2/c1-4-5-6-9-23-10-7-15(8-11-23)20(14(2)24)16-12-17(21)18(22)13-19(16)25-3/h12-13,15,20H,4-11,22H2,1-3H3. The molecule has 140 valence electrons. The normalized spacial score (nSPS) is 17.4. The maximum atomic E-state index is 12.5. The van der Waals surface area contributed by atoms with Gasteiger partial charge in [0.2, 0.25) is 0 Å². The Kier molecular flexibility index (Phi) is 7.57. The molecule has 0 radical (unpaired) electrons. The molecule has 2 rings (SSSR count). The van der Waals surface area contributed by atoms with Crippen molar-refractivity contribution in [1.82, 2.24) is 4.90 Å². The molecule has 1 fully saturated rings. The highest BCUT2D eigenvalue weighted by Gasteiger charge is 2.32. The molecule has 1 aromatic carbocycles. The molecule has 25 heavy (non-hydrogen) atoms. The number of likely N-dealkylation sites (tertiary alicyclic amines) is 1. The van der Waals surface area contributed by atoms with Crippen molar-refractivity contribution < 1.29 is 9.53 Å². The first-order valence-corrected chi connectivity index (χ1v) is 9.71. The quantitative estimate of drug-likeness (QED) is 0.543. The van der Waals surface area contributed by atoms with Crippen LogP contribution >= 0.6 is 11.6 Å². The lowest BCUT2D eigenvalue weighted by Crippen LogP contribution is -2.37. The Morgan fingerprint density at radius 2 is 2.04 bits per heavy atom. The van der Waals surface area contributed by atoms with Crippen LogP contribution in [0, 0.1) is 5.92 Å². The van der Waals surface area contributed by atoms with Gasteiger partial charge in [0.1, 0.15) is 11.5 Å². The highest BCUT2D eigenvalue weighted by atomic mass is 35.5. The second-order valence-corrected chi connectivity index (χ2v) is 7.50. The molecular formula is C20H31ClN2O2. The zero-order valence-electron chi connectivity index (χ0n) is 15.7. The minimum Gasteiger partial charge on any atom is -0.496 e. The predicted molar refractivity (Wildman–Crippen MR) is 105 cm³/mol. The molecule has 1 saturated heterocycles. The van der Waals surface area contributed by atoms with Gasteiger partial charge in [-0.3, -0.25) is 4.79 Å². The van der Waals surface area contributed by atoms with E-state index in [1.807, 2.05) is 6.07 Å². The van der Waals surface area contributed by atoms with Gasteiger partial charge < -0.3 is 15.4 Å². The third-order valence-corrected chi connectivity index (χ3v) is 5.63. The van der Waals surface area contributed by atoms with Crippen LogP contribution < -0.4 is 10.5 Å². The van der Waals surface area contributed by atoms with E-state index in [4.69, 9.17) is 22.1 Å². The van der Waals surface area contributed by atoms with Gasteiger partial charge in [0.25, 0.3) is 0 Å². The number of benzene rings is 1. The fraction of sp³-hybridized carbons (Fsp3) is 0.650. The van der Waals surface area contributed by atoms with Crippen molar-refractivity contribution in [3.63, 3.8) is 0 Å². The Hall–Kier alpha value is -1.26. The topological polar surface area (TPSA) is 55.6 Å². The number of nitrogens with two attached hydrogens (primary N) is 1. The van der Waals surface area contributed by atoms with Crippen LogP contribution in [0.1, 0.15) is 57.4 Å². The van der Waals surface area contributed by atoms with E-state index in [1.54, 1.807) is 20.1 Å².